The number of carbonyl (C=O) groups is 2. The molecule has 0 saturated carbocycles. The molecule has 0 radical (unpaired) electrons. The lowest BCUT2D eigenvalue weighted by molar-refractivity contribution is 0.0951. The third-order valence-corrected chi connectivity index (χ3v) is 6.56. The van der Waals surface area contributed by atoms with E-state index in [0.29, 0.717) is 44.8 Å². The molecule has 5 aromatic carbocycles. The van der Waals surface area contributed by atoms with E-state index in [2.05, 4.69) is 10.6 Å². The van der Waals surface area contributed by atoms with Crippen molar-refractivity contribution >= 4 is 44.7 Å². The van der Waals surface area contributed by atoms with Crippen LogP contribution in [0.2, 0.25) is 0 Å². The van der Waals surface area contributed by atoms with Gasteiger partial charge in [0, 0.05) is 17.7 Å². The zero-order chi connectivity index (χ0) is 27.5. The number of phenols is 1. The van der Waals surface area contributed by atoms with E-state index in [1.807, 2.05) is 6.07 Å². The highest BCUT2D eigenvalue weighted by molar-refractivity contribution is 6.18. The fourth-order valence-electron chi connectivity index (χ4n) is 4.52. The van der Waals surface area contributed by atoms with Crippen molar-refractivity contribution in [3.63, 3.8) is 0 Å². The first kappa shape index (κ1) is 25.4. The van der Waals surface area contributed by atoms with E-state index in [9.17, 15) is 14.7 Å². The summed E-state index contributed by atoms with van der Waals surface area (Å²) in [6, 6.07) is 24.4. The summed E-state index contributed by atoms with van der Waals surface area (Å²) in [7, 11) is 3.11. The van der Waals surface area contributed by atoms with E-state index in [0.717, 1.165) is 16.3 Å². The van der Waals surface area contributed by atoms with Crippen molar-refractivity contribution in [3.8, 4) is 17.2 Å². The molecule has 0 saturated heterocycles. The van der Waals surface area contributed by atoms with E-state index in [4.69, 9.17) is 15.2 Å². The molecule has 5 aromatic rings. The Morgan fingerprint density at radius 1 is 0.795 bits per heavy atom. The van der Waals surface area contributed by atoms with Gasteiger partial charge in [-0.05, 0) is 87.8 Å². The van der Waals surface area contributed by atoms with Gasteiger partial charge in [-0.25, -0.2) is 0 Å². The third-order valence-electron chi connectivity index (χ3n) is 6.56. The number of amides is 2. The lowest BCUT2D eigenvalue weighted by Crippen LogP contribution is -2.23. The molecule has 0 unspecified atom stereocenters. The van der Waals surface area contributed by atoms with Gasteiger partial charge in [0.25, 0.3) is 11.8 Å². The maximum Gasteiger partial charge on any atom is 0.255 e. The van der Waals surface area contributed by atoms with Crippen LogP contribution in [0.1, 0.15) is 26.3 Å². The van der Waals surface area contributed by atoms with Crippen LogP contribution in [0.3, 0.4) is 0 Å². The monoisotopic (exact) mass is 521 g/mol. The maximum atomic E-state index is 13.3. The van der Waals surface area contributed by atoms with Gasteiger partial charge in [-0.2, -0.15) is 0 Å². The lowest BCUT2D eigenvalue weighted by Gasteiger charge is -2.14. The molecule has 0 fully saturated rings. The molecule has 0 aliphatic carbocycles. The fraction of sp³-hybridized carbons (Fsp3) is 0.0968. The van der Waals surface area contributed by atoms with Crippen molar-refractivity contribution in [1.29, 1.82) is 0 Å². The third kappa shape index (κ3) is 5.13. The molecule has 0 atom stereocenters. The van der Waals surface area contributed by atoms with Crippen molar-refractivity contribution in [1.82, 2.24) is 5.32 Å². The number of carbonyl (C=O) groups excluding carboxylic acids is 2. The Hall–Kier alpha value is -5.24. The first-order chi connectivity index (χ1) is 18.9. The van der Waals surface area contributed by atoms with E-state index in [1.165, 1.54) is 0 Å². The zero-order valence-electron chi connectivity index (χ0n) is 21.4. The highest BCUT2D eigenvalue weighted by Gasteiger charge is 2.17. The molecule has 196 valence electrons. The number of hydrogen-bond acceptors (Lipinski definition) is 6. The Morgan fingerprint density at radius 3 is 2.23 bits per heavy atom. The molecule has 0 heterocycles. The predicted octanol–water partition coefficient (Wildman–Crippen LogP) is 5.48. The van der Waals surface area contributed by atoms with Gasteiger partial charge in [-0.3, -0.25) is 9.59 Å². The lowest BCUT2D eigenvalue weighted by atomic mass is 9.96. The fourth-order valence-corrected chi connectivity index (χ4v) is 4.52. The van der Waals surface area contributed by atoms with Crippen LogP contribution < -0.4 is 25.8 Å². The molecular formula is C31H27N3O5. The van der Waals surface area contributed by atoms with Crippen LogP contribution in [-0.2, 0) is 6.54 Å². The Bertz CT molecular complexity index is 1710. The van der Waals surface area contributed by atoms with Crippen molar-refractivity contribution in [2.75, 3.05) is 25.3 Å². The second-order valence-electron chi connectivity index (χ2n) is 9.00. The average Bonchev–Trinajstić information content (AvgIpc) is 2.96. The molecule has 0 aromatic heterocycles. The SMILES string of the molecule is COc1cc2cc(C(=O)NCc3ccc(C(=O)Nc4ccccc4N)cc3)c3ccc(O)cc3c2cc1OC. The van der Waals surface area contributed by atoms with Gasteiger partial charge < -0.3 is 30.9 Å². The molecule has 8 nitrogen and oxygen atoms in total. The van der Waals surface area contributed by atoms with Gasteiger partial charge in [-0.15, -0.1) is 0 Å². The van der Waals surface area contributed by atoms with Crippen LogP contribution in [0.15, 0.2) is 84.9 Å². The quantitative estimate of drug-likeness (QED) is 0.166. The van der Waals surface area contributed by atoms with Gasteiger partial charge in [0.05, 0.1) is 25.6 Å². The Kier molecular flexibility index (Phi) is 6.93. The van der Waals surface area contributed by atoms with Crippen LogP contribution in [0.5, 0.6) is 17.2 Å². The van der Waals surface area contributed by atoms with Crippen LogP contribution in [-0.4, -0.2) is 31.1 Å². The molecule has 0 bridgehead atoms. The molecular weight excluding hydrogens is 494 g/mol. The number of anilines is 2. The topological polar surface area (TPSA) is 123 Å². The van der Waals surface area contributed by atoms with Crippen molar-refractivity contribution in [2.45, 2.75) is 6.54 Å². The summed E-state index contributed by atoms with van der Waals surface area (Å²) in [6.07, 6.45) is 0. The highest BCUT2D eigenvalue weighted by Crippen LogP contribution is 2.38. The summed E-state index contributed by atoms with van der Waals surface area (Å²) in [5.41, 5.74) is 8.70. The van der Waals surface area contributed by atoms with Crippen LogP contribution >= 0.6 is 0 Å². The minimum atomic E-state index is -0.276. The summed E-state index contributed by atoms with van der Waals surface area (Å²) >= 11 is 0. The smallest absolute Gasteiger partial charge is 0.255 e. The minimum absolute atomic E-state index is 0.0928. The normalized spacial score (nSPS) is 10.8. The largest absolute Gasteiger partial charge is 0.508 e. The summed E-state index contributed by atoms with van der Waals surface area (Å²) in [4.78, 5) is 25.9. The second kappa shape index (κ2) is 10.6. The average molecular weight is 522 g/mol. The number of fused-ring (bicyclic) bond motifs is 3. The molecule has 5 N–H and O–H groups in total. The molecule has 0 aliphatic rings. The summed E-state index contributed by atoms with van der Waals surface area (Å²) in [6.45, 7) is 0.260. The highest BCUT2D eigenvalue weighted by atomic mass is 16.5. The first-order valence-corrected chi connectivity index (χ1v) is 12.2. The summed E-state index contributed by atoms with van der Waals surface area (Å²) in [5.74, 6) is 0.631. The zero-order valence-corrected chi connectivity index (χ0v) is 21.4. The Morgan fingerprint density at radius 2 is 1.51 bits per heavy atom. The van der Waals surface area contributed by atoms with Gasteiger partial charge in [0.2, 0.25) is 0 Å². The van der Waals surface area contributed by atoms with Gasteiger partial charge in [0.15, 0.2) is 11.5 Å². The van der Waals surface area contributed by atoms with Gasteiger partial charge in [0.1, 0.15) is 5.75 Å². The van der Waals surface area contributed by atoms with Crippen LogP contribution in [0.4, 0.5) is 11.4 Å². The number of nitrogen functional groups attached to an aromatic ring is 1. The molecule has 2 amide bonds. The predicted molar refractivity (Wildman–Crippen MR) is 153 cm³/mol. The number of rotatable bonds is 7. The molecule has 5 rings (SSSR count). The van der Waals surface area contributed by atoms with Crippen LogP contribution in [0.25, 0.3) is 21.5 Å². The van der Waals surface area contributed by atoms with Crippen molar-refractivity contribution in [2.24, 2.45) is 0 Å². The maximum absolute atomic E-state index is 13.3. The van der Waals surface area contributed by atoms with E-state index < -0.39 is 0 Å². The summed E-state index contributed by atoms with van der Waals surface area (Å²) < 4.78 is 10.9. The van der Waals surface area contributed by atoms with E-state index >= 15 is 0 Å². The standard InChI is InChI=1S/C31H27N3O5/c1-38-28-14-20-13-25(22-12-11-21(35)15-24(22)23(20)16-29(28)39-2)31(37)33-17-18-7-9-19(10-8-18)30(36)34-27-6-4-3-5-26(27)32/h3-16,35H,17,32H2,1-2H3,(H,33,37)(H,34,36). The van der Waals surface area contributed by atoms with Crippen molar-refractivity contribution < 1.29 is 24.2 Å². The number of hydrogen-bond donors (Lipinski definition) is 4. The van der Waals surface area contributed by atoms with Crippen molar-refractivity contribution in [3.05, 3.63) is 102 Å². The number of phenolic OH excluding ortho intramolecular Hbond substituents is 1. The minimum Gasteiger partial charge on any atom is -0.508 e. The Balaban J connectivity index is 1.37. The van der Waals surface area contributed by atoms with Gasteiger partial charge >= 0.3 is 0 Å². The number of benzene rings is 5. The van der Waals surface area contributed by atoms with Crippen LogP contribution in [0, 0.1) is 0 Å². The summed E-state index contributed by atoms with van der Waals surface area (Å²) in [5, 5.41) is 18.9. The number of ether oxygens (including phenoxy) is 2. The second-order valence-corrected chi connectivity index (χ2v) is 9.00. The molecule has 8 heteroatoms. The Labute approximate surface area is 225 Å². The molecule has 0 spiro atoms. The number of nitrogens with two attached hydrogens (primary N) is 1. The molecule has 0 aliphatic heterocycles. The number of nitrogens with one attached hydrogen (secondary N) is 2. The van der Waals surface area contributed by atoms with E-state index in [1.54, 1.807) is 93.1 Å². The number of aromatic hydroxyl groups is 1. The first-order valence-electron chi connectivity index (χ1n) is 12.2. The molecule has 39 heavy (non-hydrogen) atoms. The van der Waals surface area contributed by atoms with Gasteiger partial charge in [-0.1, -0.05) is 24.3 Å². The van der Waals surface area contributed by atoms with E-state index in [-0.39, 0.29) is 24.1 Å². The number of methoxy groups -OCH3 is 2. The number of para-hydroxylation sites is 2.